The van der Waals surface area contributed by atoms with E-state index in [-0.39, 0.29) is 12.4 Å². The molecule has 0 aromatic carbocycles. The molecule has 1 aliphatic carbocycles. The van der Waals surface area contributed by atoms with Crippen molar-refractivity contribution in [2.75, 3.05) is 13.7 Å². The van der Waals surface area contributed by atoms with Crippen LogP contribution >= 0.6 is 0 Å². The van der Waals surface area contributed by atoms with E-state index in [0.717, 1.165) is 25.7 Å². The molecule has 2 rings (SSSR count). The van der Waals surface area contributed by atoms with E-state index >= 15 is 0 Å². The SMILES string of the molecule is COC1(c2noc(C(O)CN)n2)CCCC1. The molecule has 0 spiro atoms. The van der Waals surface area contributed by atoms with E-state index < -0.39 is 11.7 Å². The monoisotopic (exact) mass is 227 g/mol. The third-order valence-corrected chi connectivity index (χ3v) is 3.16. The summed E-state index contributed by atoms with van der Waals surface area (Å²) in [5, 5.41) is 13.4. The van der Waals surface area contributed by atoms with Crippen LogP contribution in [0.15, 0.2) is 4.52 Å². The van der Waals surface area contributed by atoms with Gasteiger partial charge in [0.05, 0.1) is 0 Å². The van der Waals surface area contributed by atoms with Crippen LogP contribution in [0, 0.1) is 0 Å². The van der Waals surface area contributed by atoms with E-state index in [2.05, 4.69) is 10.1 Å². The molecule has 1 aromatic heterocycles. The summed E-state index contributed by atoms with van der Waals surface area (Å²) in [5.41, 5.74) is 4.89. The van der Waals surface area contributed by atoms with Crippen LogP contribution in [0.4, 0.5) is 0 Å². The first kappa shape index (κ1) is 11.5. The van der Waals surface area contributed by atoms with Crippen LogP contribution in [0.25, 0.3) is 0 Å². The molecule has 1 aliphatic rings. The van der Waals surface area contributed by atoms with Gasteiger partial charge in [0.1, 0.15) is 11.7 Å². The molecule has 1 fully saturated rings. The summed E-state index contributed by atoms with van der Waals surface area (Å²) >= 11 is 0. The van der Waals surface area contributed by atoms with E-state index in [1.54, 1.807) is 7.11 Å². The normalized spacial score (nSPS) is 21.2. The highest BCUT2D eigenvalue weighted by atomic mass is 16.5. The maximum Gasteiger partial charge on any atom is 0.256 e. The zero-order chi connectivity index (χ0) is 11.6. The second-order valence-electron chi connectivity index (χ2n) is 4.11. The molecule has 0 bridgehead atoms. The molecule has 6 heteroatoms. The Kier molecular flexibility index (Phi) is 3.22. The first-order valence-electron chi connectivity index (χ1n) is 5.49. The summed E-state index contributed by atoms with van der Waals surface area (Å²) in [6, 6.07) is 0. The summed E-state index contributed by atoms with van der Waals surface area (Å²) in [6.07, 6.45) is 3.08. The van der Waals surface area contributed by atoms with Gasteiger partial charge in [0.25, 0.3) is 5.89 Å². The van der Waals surface area contributed by atoms with Gasteiger partial charge >= 0.3 is 0 Å². The number of aliphatic hydroxyl groups is 1. The third kappa shape index (κ3) is 1.83. The van der Waals surface area contributed by atoms with Gasteiger partial charge in [-0.05, 0) is 25.7 Å². The molecule has 0 saturated heterocycles. The Morgan fingerprint density at radius 1 is 1.56 bits per heavy atom. The summed E-state index contributed by atoms with van der Waals surface area (Å²) in [5.74, 6) is 0.691. The van der Waals surface area contributed by atoms with Crippen molar-refractivity contribution in [1.29, 1.82) is 0 Å². The van der Waals surface area contributed by atoms with E-state index in [1.165, 1.54) is 0 Å². The van der Waals surface area contributed by atoms with Crippen molar-refractivity contribution in [3.63, 3.8) is 0 Å². The molecular formula is C10H17N3O3. The van der Waals surface area contributed by atoms with Gasteiger partial charge in [-0.1, -0.05) is 5.16 Å². The lowest BCUT2D eigenvalue weighted by molar-refractivity contribution is -0.0178. The Labute approximate surface area is 93.8 Å². The Balaban J connectivity index is 2.23. The minimum absolute atomic E-state index is 0.0710. The number of aliphatic hydroxyl groups excluding tert-OH is 1. The quantitative estimate of drug-likeness (QED) is 0.776. The largest absolute Gasteiger partial charge is 0.382 e. The van der Waals surface area contributed by atoms with Crippen LogP contribution in [0.2, 0.25) is 0 Å². The fourth-order valence-electron chi connectivity index (χ4n) is 2.12. The van der Waals surface area contributed by atoms with Gasteiger partial charge in [0.2, 0.25) is 5.82 Å². The number of hydrogen-bond donors (Lipinski definition) is 2. The average Bonchev–Trinajstić information content (AvgIpc) is 2.96. The highest BCUT2D eigenvalue weighted by molar-refractivity contribution is 5.05. The van der Waals surface area contributed by atoms with Crippen molar-refractivity contribution in [3.8, 4) is 0 Å². The van der Waals surface area contributed by atoms with Crippen LogP contribution in [0.1, 0.15) is 43.5 Å². The number of nitrogens with two attached hydrogens (primary N) is 1. The molecular weight excluding hydrogens is 210 g/mol. The minimum Gasteiger partial charge on any atom is -0.382 e. The summed E-state index contributed by atoms with van der Waals surface area (Å²) < 4.78 is 10.5. The first-order valence-corrected chi connectivity index (χ1v) is 5.49. The van der Waals surface area contributed by atoms with E-state index in [1.807, 2.05) is 0 Å². The molecule has 16 heavy (non-hydrogen) atoms. The number of methoxy groups -OCH3 is 1. The first-order chi connectivity index (χ1) is 7.72. The van der Waals surface area contributed by atoms with Crippen molar-refractivity contribution >= 4 is 0 Å². The van der Waals surface area contributed by atoms with Crippen LogP contribution < -0.4 is 5.73 Å². The van der Waals surface area contributed by atoms with Crippen LogP contribution in [0.5, 0.6) is 0 Å². The minimum atomic E-state index is -0.892. The molecule has 3 N–H and O–H groups in total. The van der Waals surface area contributed by atoms with Crippen molar-refractivity contribution < 1.29 is 14.4 Å². The molecule has 90 valence electrons. The topological polar surface area (TPSA) is 94.4 Å². The zero-order valence-electron chi connectivity index (χ0n) is 9.35. The summed E-state index contributed by atoms with van der Waals surface area (Å²) in [7, 11) is 1.65. The van der Waals surface area contributed by atoms with Crippen molar-refractivity contribution in [2.45, 2.75) is 37.4 Å². The number of ether oxygens (including phenoxy) is 1. The third-order valence-electron chi connectivity index (χ3n) is 3.16. The van der Waals surface area contributed by atoms with Crippen LogP contribution in [0.3, 0.4) is 0 Å². The number of rotatable bonds is 4. The lowest BCUT2D eigenvalue weighted by atomic mass is 10.0. The predicted octanol–water partition coefficient (Wildman–Crippen LogP) is 0.477. The van der Waals surface area contributed by atoms with Gasteiger partial charge in [-0.2, -0.15) is 4.98 Å². The molecule has 1 atom stereocenters. The second kappa shape index (κ2) is 4.48. The van der Waals surface area contributed by atoms with Crippen LogP contribution in [-0.4, -0.2) is 28.9 Å². The molecule has 1 aromatic rings. The smallest absolute Gasteiger partial charge is 0.256 e. The molecule has 1 heterocycles. The van der Waals surface area contributed by atoms with Crippen molar-refractivity contribution in [2.24, 2.45) is 5.73 Å². The Morgan fingerprint density at radius 3 is 2.81 bits per heavy atom. The standard InChI is InChI=1S/C10H17N3O3/c1-15-10(4-2-3-5-10)9-12-8(16-13-9)7(14)6-11/h7,14H,2-6,11H2,1H3. The lowest BCUT2D eigenvalue weighted by Crippen LogP contribution is -2.26. The van der Waals surface area contributed by atoms with Crippen molar-refractivity contribution in [3.05, 3.63) is 11.7 Å². The average molecular weight is 227 g/mol. The fourth-order valence-corrected chi connectivity index (χ4v) is 2.12. The summed E-state index contributed by atoms with van der Waals surface area (Å²) in [4.78, 5) is 4.17. The Hall–Kier alpha value is -0.980. The van der Waals surface area contributed by atoms with E-state index in [9.17, 15) is 5.11 Å². The highest BCUT2D eigenvalue weighted by Gasteiger charge is 2.40. The maximum atomic E-state index is 9.48. The van der Waals surface area contributed by atoms with Gasteiger partial charge in [-0.25, -0.2) is 0 Å². The zero-order valence-corrected chi connectivity index (χ0v) is 9.35. The van der Waals surface area contributed by atoms with Gasteiger partial charge in [-0.3, -0.25) is 0 Å². The number of aromatic nitrogens is 2. The van der Waals surface area contributed by atoms with Crippen LogP contribution in [-0.2, 0) is 10.3 Å². The molecule has 6 nitrogen and oxygen atoms in total. The van der Waals surface area contributed by atoms with Gasteiger partial charge in [0, 0.05) is 13.7 Å². The highest BCUT2D eigenvalue weighted by Crippen LogP contribution is 2.40. The number of nitrogens with zero attached hydrogens (tertiary/aromatic N) is 2. The second-order valence-corrected chi connectivity index (χ2v) is 4.11. The molecule has 1 unspecified atom stereocenters. The van der Waals surface area contributed by atoms with Crippen molar-refractivity contribution in [1.82, 2.24) is 10.1 Å². The maximum absolute atomic E-state index is 9.48. The molecule has 1 saturated carbocycles. The molecule has 0 amide bonds. The Bertz CT molecular complexity index is 347. The fraction of sp³-hybridized carbons (Fsp3) is 0.800. The van der Waals surface area contributed by atoms with Gasteiger partial charge < -0.3 is 20.1 Å². The van der Waals surface area contributed by atoms with Gasteiger partial charge in [-0.15, -0.1) is 0 Å². The van der Waals surface area contributed by atoms with E-state index in [0.29, 0.717) is 5.82 Å². The number of hydrogen-bond acceptors (Lipinski definition) is 6. The predicted molar refractivity (Wildman–Crippen MR) is 55.5 cm³/mol. The Morgan fingerprint density at radius 2 is 2.25 bits per heavy atom. The van der Waals surface area contributed by atoms with E-state index in [4.69, 9.17) is 15.0 Å². The van der Waals surface area contributed by atoms with Gasteiger partial charge in [0.15, 0.2) is 0 Å². The molecule has 0 aliphatic heterocycles. The summed E-state index contributed by atoms with van der Waals surface area (Å²) in [6.45, 7) is 0.0710. The lowest BCUT2D eigenvalue weighted by Gasteiger charge is -2.22. The molecule has 0 radical (unpaired) electrons.